The van der Waals surface area contributed by atoms with Crippen LogP contribution in [0.5, 0.6) is 0 Å². The highest BCUT2D eigenvalue weighted by Crippen LogP contribution is 2.44. The highest BCUT2D eigenvalue weighted by atomic mass is 32.2. The topological polar surface area (TPSA) is 101 Å². The van der Waals surface area contributed by atoms with E-state index >= 15 is 0 Å². The van der Waals surface area contributed by atoms with Gasteiger partial charge in [0.25, 0.3) is 0 Å². The molecule has 0 aliphatic carbocycles. The minimum absolute atomic E-state index is 0.00562. The second-order valence-corrected chi connectivity index (χ2v) is 15.6. The Morgan fingerprint density at radius 3 is 2.45 bits per heavy atom. The molecule has 2 saturated heterocycles. The number of nitrogens with zero attached hydrogens (tertiary/aromatic N) is 2. The number of aliphatic hydroxyl groups excluding tert-OH is 1. The maximum Gasteiger partial charge on any atom is 0.471 e. The Labute approximate surface area is 313 Å². The maximum atomic E-state index is 13.1. The van der Waals surface area contributed by atoms with Gasteiger partial charge in [-0.25, -0.2) is 4.98 Å². The lowest BCUT2D eigenvalue weighted by Gasteiger charge is -2.41. The summed E-state index contributed by atoms with van der Waals surface area (Å²) in [6.07, 6.45) is -5.64. The van der Waals surface area contributed by atoms with Crippen molar-refractivity contribution in [1.29, 1.82) is 0 Å². The summed E-state index contributed by atoms with van der Waals surface area (Å²) in [7, 11) is 0. The van der Waals surface area contributed by atoms with Gasteiger partial charge in [0.1, 0.15) is 6.04 Å². The molecule has 7 rings (SSSR count). The zero-order valence-electron chi connectivity index (χ0n) is 28.8. The Morgan fingerprint density at radius 2 is 1.70 bits per heavy atom. The zero-order chi connectivity index (χ0) is 37.1. The van der Waals surface area contributed by atoms with Gasteiger partial charge in [0.15, 0.2) is 10.6 Å². The van der Waals surface area contributed by atoms with Crippen LogP contribution in [0.4, 0.5) is 13.2 Å². The van der Waals surface area contributed by atoms with Crippen LogP contribution in [0.2, 0.25) is 0 Å². The molecule has 53 heavy (non-hydrogen) atoms. The number of carbonyl (C=O) groups is 2. The molecule has 3 heterocycles. The number of carbonyl (C=O) groups excluding carboxylic acids is 2. The summed E-state index contributed by atoms with van der Waals surface area (Å²) in [5, 5.41) is 12.3. The molecular formula is C40H38F3N3O5S2. The van der Waals surface area contributed by atoms with Crippen molar-refractivity contribution in [3.8, 4) is 11.1 Å². The van der Waals surface area contributed by atoms with Crippen LogP contribution in [0, 0.1) is 5.92 Å². The third-order valence-electron chi connectivity index (χ3n) is 9.71. The largest absolute Gasteiger partial charge is 0.471 e. The van der Waals surface area contributed by atoms with Gasteiger partial charge in [-0.2, -0.15) is 13.2 Å². The van der Waals surface area contributed by atoms with E-state index in [1.54, 1.807) is 23.1 Å². The first-order valence-corrected chi connectivity index (χ1v) is 19.2. The third kappa shape index (κ3) is 8.44. The number of nitrogens with one attached hydrogen (secondary N) is 1. The van der Waals surface area contributed by atoms with Crippen molar-refractivity contribution >= 4 is 45.1 Å². The monoisotopic (exact) mass is 761 g/mol. The number of hydrogen-bond acceptors (Lipinski definition) is 8. The number of fused-ring (bicyclic) bond motifs is 1. The van der Waals surface area contributed by atoms with Gasteiger partial charge in [-0.05, 0) is 64.9 Å². The van der Waals surface area contributed by atoms with E-state index in [1.165, 1.54) is 0 Å². The number of ether oxygens (including phenoxy) is 2. The van der Waals surface area contributed by atoms with Crippen molar-refractivity contribution in [2.75, 3.05) is 12.3 Å². The minimum atomic E-state index is -5.03. The molecule has 276 valence electrons. The van der Waals surface area contributed by atoms with E-state index in [4.69, 9.17) is 14.5 Å². The minimum Gasteiger partial charge on any atom is -0.392 e. The van der Waals surface area contributed by atoms with Crippen molar-refractivity contribution < 1.29 is 37.3 Å². The standard InChI is InChI=1S/C40H38F3N3O5S2/c1-24-33(23-52-39-45-31-11-2-3-13-34(31)53-39)50-37(51-35(24)27-16-14-25(22-47)15-17-27)30-10-5-9-29(20-30)28-8-4-7-26(19-28)21-44-36(48)32-12-6-18-46(32)38(49)40(41,42)43/h2-5,7-11,13-17,19-20,24,32-33,35,37,47H,6,12,18,21-23H2,1H3,(H,44,48)/t24-,32-,33+,35+,37+/m0/s1. The average Bonchev–Trinajstić information content (AvgIpc) is 3.84. The fourth-order valence-corrected chi connectivity index (χ4v) is 9.11. The number of alkyl halides is 3. The zero-order valence-corrected chi connectivity index (χ0v) is 30.4. The van der Waals surface area contributed by atoms with Gasteiger partial charge >= 0.3 is 12.1 Å². The summed E-state index contributed by atoms with van der Waals surface area (Å²) in [5.41, 5.74) is 6.13. The molecule has 0 saturated carbocycles. The van der Waals surface area contributed by atoms with Crippen molar-refractivity contribution in [3.05, 3.63) is 119 Å². The first-order chi connectivity index (χ1) is 25.6. The van der Waals surface area contributed by atoms with Crippen LogP contribution in [0.1, 0.15) is 54.4 Å². The molecule has 0 bridgehead atoms. The molecule has 0 unspecified atom stereocenters. The highest BCUT2D eigenvalue weighted by molar-refractivity contribution is 8.01. The van der Waals surface area contributed by atoms with Crippen LogP contribution in [0.25, 0.3) is 21.3 Å². The predicted octanol–water partition coefficient (Wildman–Crippen LogP) is 8.21. The number of likely N-dealkylation sites (tertiary alicyclic amines) is 1. The van der Waals surface area contributed by atoms with Crippen molar-refractivity contribution in [1.82, 2.24) is 15.2 Å². The average molecular weight is 762 g/mol. The van der Waals surface area contributed by atoms with Crippen LogP contribution in [-0.2, 0) is 32.2 Å². The normalized spacial score (nSPS) is 21.9. The second-order valence-electron chi connectivity index (χ2n) is 13.3. The molecule has 4 aromatic carbocycles. The summed E-state index contributed by atoms with van der Waals surface area (Å²) >= 11 is 3.33. The number of hydrogen-bond donors (Lipinski definition) is 2. The fraction of sp³-hybridized carbons (Fsp3) is 0.325. The predicted molar refractivity (Wildman–Crippen MR) is 198 cm³/mol. The van der Waals surface area contributed by atoms with E-state index in [0.29, 0.717) is 17.1 Å². The van der Waals surface area contributed by atoms with Crippen LogP contribution >= 0.6 is 23.1 Å². The van der Waals surface area contributed by atoms with Crippen LogP contribution in [0.3, 0.4) is 0 Å². The molecule has 2 aliphatic rings. The molecule has 1 aromatic heterocycles. The fourth-order valence-electron chi connectivity index (χ4n) is 6.85. The third-order valence-corrected chi connectivity index (χ3v) is 12.0. The Morgan fingerprint density at radius 1 is 0.943 bits per heavy atom. The Balaban J connectivity index is 1.08. The molecular weight excluding hydrogens is 724 g/mol. The molecule has 2 amide bonds. The van der Waals surface area contributed by atoms with Gasteiger partial charge in [-0.1, -0.05) is 91.5 Å². The van der Waals surface area contributed by atoms with E-state index in [0.717, 1.165) is 47.9 Å². The smallest absolute Gasteiger partial charge is 0.392 e. The number of benzene rings is 4. The molecule has 0 spiro atoms. The lowest BCUT2D eigenvalue weighted by atomic mass is 9.91. The Hall–Kier alpha value is -4.27. The first-order valence-electron chi connectivity index (χ1n) is 17.4. The van der Waals surface area contributed by atoms with E-state index in [2.05, 4.69) is 18.3 Å². The molecule has 2 aliphatic heterocycles. The number of halogens is 3. The maximum absolute atomic E-state index is 13.1. The van der Waals surface area contributed by atoms with Gasteiger partial charge < -0.3 is 24.8 Å². The molecule has 2 N–H and O–H groups in total. The quantitative estimate of drug-likeness (QED) is 0.139. The summed E-state index contributed by atoms with van der Waals surface area (Å²) in [6.45, 7) is 2.07. The molecule has 5 aromatic rings. The molecule has 2 fully saturated rings. The lowest BCUT2D eigenvalue weighted by molar-refractivity contribution is -0.268. The number of aliphatic hydroxyl groups is 1. The summed E-state index contributed by atoms with van der Waals surface area (Å²) < 4.78 is 54.8. The lowest BCUT2D eigenvalue weighted by Crippen LogP contribution is -2.50. The van der Waals surface area contributed by atoms with E-state index < -0.39 is 30.3 Å². The SMILES string of the molecule is C[C@H]1[C@@H](CSc2nc3ccccc3s2)O[C@@H](c2cccc(-c3cccc(CNC(=O)[C@@H]4CCCN4C(=O)C(F)(F)F)c3)c2)O[C@H]1c1ccc(CO)cc1. The van der Waals surface area contributed by atoms with Gasteiger partial charge in [0.2, 0.25) is 5.91 Å². The van der Waals surface area contributed by atoms with E-state index in [1.807, 2.05) is 91.0 Å². The summed E-state index contributed by atoms with van der Waals surface area (Å²) in [4.78, 5) is 30.2. The second kappa shape index (κ2) is 16.0. The molecule has 13 heteroatoms. The Bertz CT molecular complexity index is 2040. The summed E-state index contributed by atoms with van der Waals surface area (Å²) in [5.74, 6) is -1.92. The van der Waals surface area contributed by atoms with Gasteiger partial charge in [-0.3, -0.25) is 9.59 Å². The first kappa shape index (κ1) is 37.1. The highest BCUT2D eigenvalue weighted by Gasteiger charge is 2.47. The van der Waals surface area contributed by atoms with Crippen molar-refractivity contribution in [3.63, 3.8) is 0 Å². The number of aromatic nitrogens is 1. The summed E-state index contributed by atoms with van der Waals surface area (Å²) in [6, 6.07) is 30.2. The molecule has 8 nitrogen and oxygen atoms in total. The van der Waals surface area contributed by atoms with Crippen LogP contribution in [-0.4, -0.2) is 57.4 Å². The van der Waals surface area contributed by atoms with Gasteiger partial charge in [0, 0.05) is 30.3 Å². The van der Waals surface area contributed by atoms with E-state index in [9.17, 15) is 27.9 Å². The Kier molecular flexibility index (Phi) is 11.2. The number of amides is 2. The van der Waals surface area contributed by atoms with Gasteiger partial charge in [0.05, 0.1) is 29.0 Å². The van der Waals surface area contributed by atoms with Crippen LogP contribution < -0.4 is 5.32 Å². The number of thiazole rings is 1. The number of thioether (sulfide) groups is 1. The van der Waals surface area contributed by atoms with Crippen LogP contribution in [0.15, 0.2) is 101 Å². The molecule has 0 radical (unpaired) electrons. The molecule has 5 atom stereocenters. The number of para-hydroxylation sites is 1. The van der Waals surface area contributed by atoms with Crippen molar-refractivity contribution in [2.45, 2.75) is 68.0 Å². The van der Waals surface area contributed by atoms with Gasteiger partial charge in [-0.15, -0.1) is 11.3 Å². The number of rotatable bonds is 10. The van der Waals surface area contributed by atoms with E-state index in [-0.39, 0.29) is 44.2 Å². The van der Waals surface area contributed by atoms with Crippen molar-refractivity contribution in [2.24, 2.45) is 5.92 Å².